The molecule has 1 aromatic rings. The van der Waals surface area contributed by atoms with Crippen molar-refractivity contribution in [3.63, 3.8) is 0 Å². The summed E-state index contributed by atoms with van der Waals surface area (Å²) in [5.74, 6) is -0.159. The van der Waals surface area contributed by atoms with E-state index in [1.54, 1.807) is 6.92 Å². The van der Waals surface area contributed by atoms with Gasteiger partial charge in [-0.15, -0.1) is 11.8 Å². The lowest BCUT2D eigenvalue weighted by atomic mass is 10.0. The van der Waals surface area contributed by atoms with Gasteiger partial charge in [0.15, 0.2) is 0 Å². The zero-order valence-corrected chi connectivity index (χ0v) is 10.1. The zero-order chi connectivity index (χ0) is 12.6. The lowest BCUT2D eigenvalue weighted by molar-refractivity contribution is 0.155. The second-order valence-corrected chi connectivity index (χ2v) is 5.43. The number of aliphatic hydroxyl groups is 2. The number of aromatic nitrogens is 2. The summed E-state index contributed by atoms with van der Waals surface area (Å²) in [6, 6.07) is 0. The normalized spacial score (nSPS) is 27.8. The molecule has 0 aliphatic carbocycles. The van der Waals surface area contributed by atoms with E-state index in [1.165, 1.54) is 22.5 Å². The van der Waals surface area contributed by atoms with Gasteiger partial charge in [-0.25, -0.2) is 4.79 Å². The fourth-order valence-electron chi connectivity index (χ4n) is 1.91. The van der Waals surface area contributed by atoms with Crippen molar-refractivity contribution in [1.29, 1.82) is 0 Å². The molecule has 0 bridgehead atoms. The number of aromatic amines is 1. The Labute approximate surface area is 101 Å². The summed E-state index contributed by atoms with van der Waals surface area (Å²) < 4.78 is 1.41. The molecule has 0 saturated carbocycles. The van der Waals surface area contributed by atoms with Gasteiger partial charge < -0.3 is 10.2 Å². The summed E-state index contributed by atoms with van der Waals surface area (Å²) >= 11 is 1.42. The first-order chi connectivity index (χ1) is 8.08. The van der Waals surface area contributed by atoms with E-state index < -0.39 is 11.2 Å². The molecule has 1 aliphatic heterocycles. The Balaban J connectivity index is 2.33. The third-order valence-corrected chi connectivity index (χ3v) is 4.67. The van der Waals surface area contributed by atoms with Gasteiger partial charge in [0.1, 0.15) is 0 Å². The topological polar surface area (TPSA) is 95.3 Å². The van der Waals surface area contributed by atoms with Gasteiger partial charge in [-0.1, -0.05) is 0 Å². The first-order valence-electron chi connectivity index (χ1n) is 5.27. The van der Waals surface area contributed by atoms with Crippen molar-refractivity contribution in [2.45, 2.75) is 17.5 Å². The Morgan fingerprint density at radius 1 is 1.41 bits per heavy atom. The minimum Gasteiger partial charge on any atom is -0.396 e. The quantitative estimate of drug-likeness (QED) is 0.650. The van der Waals surface area contributed by atoms with Crippen LogP contribution in [0.4, 0.5) is 0 Å². The summed E-state index contributed by atoms with van der Waals surface area (Å²) in [6.07, 6.45) is 1.50. The second-order valence-electron chi connectivity index (χ2n) is 4.07. The summed E-state index contributed by atoms with van der Waals surface area (Å²) in [5.41, 5.74) is -0.419. The van der Waals surface area contributed by atoms with Crippen LogP contribution in [0.2, 0.25) is 0 Å². The highest BCUT2D eigenvalue weighted by Crippen LogP contribution is 2.49. The van der Waals surface area contributed by atoms with E-state index in [4.69, 9.17) is 5.11 Å². The van der Waals surface area contributed by atoms with Crippen molar-refractivity contribution in [2.24, 2.45) is 5.92 Å². The van der Waals surface area contributed by atoms with Crippen molar-refractivity contribution in [3.8, 4) is 0 Å². The molecule has 17 heavy (non-hydrogen) atoms. The van der Waals surface area contributed by atoms with Crippen molar-refractivity contribution in [1.82, 2.24) is 9.55 Å². The molecule has 3 atom stereocenters. The fourth-order valence-corrected chi connectivity index (χ4v) is 3.28. The molecule has 2 rings (SSSR count). The molecule has 2 heterocycles. The third-order valence-electron chi connectivity index (χ3n) is 2.97. The van der Waals surface area contributed by atoms with E-state index in [-0.39, 0.29) is 29.8 Å². The average molecular weight is 258 g/mol. The van der Waals surface area contributed by atoms with Crippen molar-refractivity contribution >= 4 is 11.8 Å². The number of nitrogens with one attached hydrogen (secondary N) is 1. The molecule has 1 saturated heterocycles. The van der Waals surface area contributed by atoms with Gasteiger partial charge in [0.05, 0.1) is 12.0 Å². The largest absolute Gasteiger partial charge is 0.396 e. The van der Waals surface area contributed by atoms with Crippen LogP contribution in [0.15, 0.2) is 15.8 Å². The van der Waals surface area contributed by atoms with E-state index in [0.717, 1.165) is 0 Å². The number of hydrogen-bond acceptors (Lipinski definition) is 5. The Morgan fingerprint density at radius 2 is 2.12 bits per heavy atom. The number of rotatable bonds is 3. The Hall–Kier alpha value is -1.05. The van der Waals surface area contributed by atoms with Gasteiger partial charge in [-0.05, 0) is 6.92 Å². The Bertz CT molecular complexity index is 524. The van der Waals surface area contributed by atoms with Crippen molar-refractivity contribution in [3.05, 3.63) is 32.6 Å². The SMILES string of the molecule is Cc1cn([C@@H]2S[C@H](CO)[C@H]2CO)c(=O)[nH]c1=O. The number of nitrogens with zero attached hydrogens (tertiary/aromatic N) is 1. The van der Waals surface area contributed by atoms with Crippen LogP contribution >= 0.6 is 11.8 Å². The van der Waals surface area contributed by atoms with E-state index in [2.05, 4.69) is 4.98 Å². The maximum atomic E-state index is 11.6. The third kappa shape index (κ3) is 2.05. The molecule has 0 spiro atoms. The molecule has 1 fully saturated rings. The van der Waals surface area contributed by atoms with Gasteiger partial charge in [-0.2, -0.15) is 0 Å². The molecule has 0 radical (unpaired) electrons. The molecule has 1 aromatic heterocycles. The average Bonchev–Trinajstić information content (AvgIpc) is 2.25. The van der Waals surface area contributed by atoms with Gasteiger partial charge in [-0.3, -0.25) is 14.3 Å². The first kappa shape index (κ1) is 12.4. The highest BCUT2D eigenvalue weighted by atomic mass is 32.2. The first-order valence-corrected chi connectivity index (χ1v) is 6.22. The molecule has 3 N–H and O–H groups in total. The Morgan fingerprint density at radius 3 is 2.71 bits per heavy atom. The smallest absolute Gasteiger partial charge is 0.329 e. The van der Waals surface area contributed by atoms with Gasteiger partial charge >= 0.3 is 5.69 Å². The predicted molar refractivity (Wildman–Crippen MR) is 64.1 cm³/mol. The standard InChI is InChI=1S/C10H14N2O4S/c1-5-2-12(10(16)11-8(5)15)9-6(3-13)7(4-14)17-9/h2,6-7,9,13-14H,3-4H2,1H3,(H,11,15,16)/t6-,7-,9-/m1/s1. The number of H-pyrrole nitrogens is 1. The van der Waals surface area contributed by atoms with Crippen molar-refractivity contribution in [2.75, 3.05) is 13.2 Å². The molecule has 7 heteroatoms. The van der Waals surface area contributed by atoms with E-state index in [9.17, 15) is 14.7 Å². The molecular formula is C10H14N2O4S. The van der Waals surface area contributed by atoms with E-state index in [0.29, 0.717) is 5.56 Å². The predicted octanol–water partition coefficient (Wildman–Crippen LogP) is -0.940. The minimum atomic E-state index is -0.479. The van der Waals surface area contributed by atoms with Crippen LogP contribution in [0.25, 0.3) is 0 Å². The van der Waals surface area contributed by atoms with Crippen LogP contribution in [0.3, 0.4) is 0 Å². The lowest BCUT2D eigenvalue weighted by Gasteiger charge is -2.42. The molecular weight excluding hydrogens is 244 g/mol. The molecule has 1 aliphatic rings. The maximum Gasteiger partial charge on any atom is 0.329 e. The summed E-state index contributed by atoms with van der Waals surface area (Å²) in [7, 11) is 0. The highest BCUT2D eigenvalue weighted by Gasteiger charge is 2.42. The maximum absolute atomic E-state index is 11.6. The molecule has 0 amide bonds. The Kier molecular flexibility index (Phi) is 3.41. The lowest BCUT2D eigenvalue weighted by Crippen LogP contribution is -2.46. The number of aliphatic hydroxyl groups excluding tert-OH is 2. The fraction of sp³-hybridized carbons (Fsp3) is 0.600. The summed E-state index contributed by atoms with van der Waals surface area (Å²) in [6.45, 7) is 1.51. The molecule has 0 unspecified atom stereocenters. The van der Waals surface area contributed by atoms with Crippen LogP contribution in [0.5, 0.6) is 0 Å². The minimum absolute atomic E-state index is 0.0243. The molecule has 6 nitrogen and oxygen atoms in total. The second kappa shape index (κ2) is 4.67. The van der Waals surface area contributed by atoms with Crippen LogP contribution < -0.4 is 11.2 Å². The summed E-state index contributed by atoms with van der Waals surface area (Å²) in [4.78, 5) is 25.1. The van der Waals surface area contributed by atoms with Gasteiger partial charge in [0.25, 0.3) is 5.56 Å². The zero-order valence-electron chi connectivity index (χ0n) is 9.29. The van der Waals surface area contributed by atoms with Crippen LogP contribution in [-0.2, 0) is 0 Å². The van der Waals surface area contributed by atoms with E-state index in [1.807, 2.05) is 0 Å². The molecule has 0 aromatic carbocycles. The van der Waals surface area contributed by atoms with Crippen LogP contribution in [-0.4, -0.2) is 38.2 Å². The monoisotopic (exact) mass is 258 g/mol. The summed E-state index contributed by atoms with van der Waals surface area (Å²) in [5, 5.41) is 18.0. The van der Waals surface area contributed by atoms with Crippen molar-refractivity contribution < 1.29 is 10.2 Å². The highest BCUT2D eigenvalue weighted by molar-refractivity contribution is 8.01. The van der Waals surface area contributed by atoms with Gasteiger partial charge in [0, 0.05) is 29.5 Å². The number of aryl methyl sites for hydroxylation is 1. The molecule has 94 valence electrons. The van der Waals surface area contributed by atoms with Crippen LogP contribution in [0, 0.1) is 12.8 Å². The number of hydrogen-bond donors (Lipinski definition) is 3. The van der Waals surface area contributed by atoms with E-state index >= 15 is 0 Å². The number of thioether (sulfide) groups is 1. The van der Waals surface area contributed by atoms with Gasteiger partial charge in [0.2, 0.25) is 0 Å². The van der Waals surface area contributed by atoms with Crippen LogP contribution in [0.1, 0.15) is 10.9 Å².